The number of morpholine rings is 1. The lowest BCUT2D eigenvalue weighted by molar-refractivity contribution is -0.122. The Hall–Kier alpha value is -1.92. The maximum absolute atomic E-state index is 12.3. The van der Waals surface area contributed by atoms with Gasteiger partial charge in [-0.25, -0.2) is 0 Å². The summed E-state index contributed by atoms with van der Waals surface area (Å²) in [6.07, 6.45) is 1.68. The summed E-state index contributed by atoms with van der Waals surface area (Å²) in [6, 6.07) is 7.80. The van der Waals surface area contributed by atoms with Gasteiger partial charge >= 0.3 is 0 Å². The van der Waals surface area contributed by atoms with Gasteiger partial charge in [-0.1, -0.05) is 12.1 Å². The van der Waals surface area contributed by atoms with Gasteiger partial charge in [0.25, 0.3) is 5.91 Å². The third kappa shape index (κ3) is 5.03. The van der Waals surface area contributed by atoms with Crippen molar-refractivity contribution in [1.29, 1.82) is 0 Å². The number of hydrogen-bond donors (Lipinski definition) is 2. The highest BCUT2D eigenvalue weighted by atomic mass is 16.5. The van der Waals surface area contributed by atoms with Crippen molar-refractivity contribution in [3.05, 3.63) is 35.4 Å². The van der Waals surface area contributed by atoms with Crippen molar-refractivity contribution in [1.82, 2.24) is 15.5 Å². The fraction of sp³-hybridized carbons (Fsp3) is 0.579. The summed E-state index contributed by atoms with van der Waals surface area (Å²) in [6.45, 7) is 7.44. The van der Waals surface area contributed by atoms with Crippen LogP contribution in [-0.4, -0.2) is 54.6 Å². The minimum Gasteiger partial charge on any atom is -0.373 e. The van der Waals surface area contributed by atoms with Crippen molar-refractivity contribution in [2.45, 2.75) is 51.5 Å². The lowest BCUT2D eigenvalue weighted by Crippen LogP contribution is -2.47. The number of amides is 2. The second kappa shape index (κ2) is 7.97. The van der Waals surface area contributed by atoms with E-state index in [4.69, 9.17) is 4.74 Å². The number of benzene rings is 1. The van der Waals surface area contributed by atoms with Crippen LogP contribution < -0.4 is 10.6 Å². The van der Waals surface area contributed by atoms with Crippen molar-refractivity contribution in [2.24, 2.45) is 0 Å². The number of hydrogen-bond acceptors (Lipinski definition) is 4. The molecular weight excluding hydrogens is 318 g/mol. The Kier molecular flexibility index (Phi) is 5.71. The van der Waals surface area contributed by atoms with Crippen molar-refractivity contribution >= 4 is 11.8 Å². The summed E-state index contributed by atoms with van der Waals surface area (Å²) >= 11 is 0. The third-order valence-electron chi connectivity index (χ3n) is 4.72. The Morgan fingerprint density at radius 3 is 2.52 bits per heavy atom. The zero-order chi connectivity index (χ0) is 17.8. The lowest BCUT2D eigenvalue weighted by atomic mass is 10.1. The molecule has 1 aromatic rings. The van der Waals surface area contributed by atoms with Gasteiger partial charge in [0.05, 0.1) is 12.2 Å². The first kappa shape index (κ1) is 17.9. The van der Waals surface area contributed by atoms with E-state index < -0.39 is 0 Å². The van der Waals surface area contributed by atoms with E-state index in [9.17, 15) is 9.59 Å². The number of nitrogens with one attached hydrogen (secondary N) is 2. The smallest absolute Gasteiger partial charge is 0.251 e. The summed E-state index contributed by atoms with van der Waals surface area (Å²) < 4.78 is 5.76. The molecule has 0 aliphatic carbocycles. The molecule has 2 aliphatic heterocycles. The monoisotopic (exact) mass is 345 g/mol. The van der Waals surface area contributed by atoms with Crippen LogP contribution in [0.3, 0.4) is 0 Å². The molecular formula is C19H27N3O3. The molecule has 6 nitrogen and oxygen atoms in total. The lowest BCUT2D eigenvalue weighted by Gasteiger charge is -2.35. The summed E-state index contributed by atoms with van der Waals surface area (Å²) in [5, 5.41) is 5.77. The van der Waals surface area contributed by atoms with Crippen LogP contribution in [0.4, 0.5) is 0 Å². The first-order valence-corrected chi connectivity index (χ1v) is 9.04. The Morgan fingerprint density at radius 2 is 1.92 bits per heavy atom. The first-order valence-electron chi connectivity index (χ1n) is 9.04. The van der Waals surface area contributed by atoms with E-state index in [0.717, 1.165) is 19.6 Å². The molecule has 0 aromatic heterocycles. The van der Waals surface area contributed by atoms with E-state index in [1.165, 1.54) is 5.56 Å². The number of ether oxygens (including phenoxy) is 1. The van der Waals surface area contributed by atoms with Crippen LogP contribution in [0.25, 0.3) is 0 Å². The van der Waals surface area contributed by atoms with Crippen LogP contribution in [0.15, 0.2) is 24.3 Å². The minimum atomic E-state index is -0.0821. The fourth-order valence-corrected chi connectivity index (χ4v) is 3.56. The Balaban J connectivity index is 1.53. The molecule has 3 rings (SSSR count). The molecule has 3 atom stereocenters. The normalized spacial score (nSPS) is 27.6. The van der Waals surface area contributed by atoms with Crippen molar-refractivity contribution in [3.8, 4) is 0 Å². The molecule has 2 saturated heterocycles. The van der Waals surface area contributed by atoms with E-state index in [1.807, 2.05) is 24.3 Å². The van der Waals surface area contributed by atoms with Crippen LogP contribution >= 0.6 is 0 Å². The van der Waals surface area contributed by atoms with Gasteiger partial charge in [0, 0.05) is 44.2 Å². The summed E-state index contributed by atoms with van der Waals surface area (Å²) in [5.74, 6) is -0.0251. The van der Waals surface area contributed by atoms with Crippen LogP contribution in [0, 0.1) is 0 Å². The molecule has 2 fully saturated rings. The molecule has 0 saturated carbocycles. The molecule has 2 aliphatic rings. The standard InChI is InChI=1S/C19H27N3O3/c1-13-10-22(11-14(2)25-13)12-15-3-5-16(6-4-15)19(24)21-17-7-8-18(23)20-9-17/h3-6,13-14,17H,7-12H2,1-2H3,(H,20,23)(H,21,24). The van der Waals surface area contributed by atoms with Crippen molar-refractivity contribution in [3.63, 3.8) is 0 Å². The predicted octanol–water partition coefficient (Wildman–Crippen LogP) is 1.30. The van der Waals surface area contributed by atoms with Gasteiger partial charge in [0.15, 0.2) is 0 Å². The molecule has 2 amide bonds. The van der Waals surface area contributed by atoms with Crippen LogP contribution in [0.1, 0.15) is 42.6 Å². The SMILES string of the molecule is CC1CN(Cc2ccc(C(=O)NC3CCC(=O)NC3)cc2)CC(C)O1. The van der Waals surface area contributed by atoms with Gasteiger partial charge in [-0.15, -0.1) is 0 Å². The van der Waals surface area contributed by atoms with E-state index in [2.05, 4.69) is 29.4 Å². The zero-order valence-electron chi connectivity index (χ0n) is 15.0. The second-order valence-corrected chi connectivity index (χ2v) is 7.16. The van der Waals surface area contributed by atoms with Crippen LogP contribution in [-0.2, 0) is 16.1 Å². The van der Waals surface area contributed by atoms with Crippen molar-refractivity contribution < 1.29 is 14.3 Å². The summed E-state index contributed by atoms with van der Waals surface area (Å²) in [7, 11) is 0. The van der Waals surface area contributed by atoms with Crippen LogP contribution in [0.2, 0.25) is 0 Å². The number of rotatable bonds is 4. The number of carbonyl (C=O) groups excluding carboxylic acids is 2. The molecule has 136 valence electrons. The fourth-order valence-electron chi connectivity index (χ4n) is 3.56. The quantitative estimate of drug-likeness (QED) is 0.863. The maximum atomic E-state index is 12.3. The largest absolute Gasteiger partial charge is 0.373 e. The van der Waals surface area contributed by atoms with Gasteiger partial charge in [-0.2, -0.15) is 0 Å². The van der Waals surface area contributed by atoms with Gasteiger partial charge in [-0.05, 0) is 38.0 Å². The molecule has 2 heterocycles. The van der Waals surface area contributed by atoms with E-state index in [1.54, 1.807) is 0 Å². The van der Waals surface area contributed by atoms with Gasteiger partial charge in [0.1, 0.15) is 0 Å². The van der Waals surface area contributed by atoms with Gasteiger partial charge in [-0.3, -0.25) is 14.5 Å². The molecule has 0 radical (unpaired) electrons. The molecule has 6 heteroatoms. The van der Waals surface area contributed by atoms with E-state index in [0.29, 0.717) is 24.9 Å². The molecule has 2 N–H and O–H groups in total. The predicted molar refractivity (Wildman–Crippen MR) is 95.2 cm³/mol. The van der Waals surface area contributed by atoms with E-state index in [-0.39, 0.29) is 30.1 Å². The highest BCUT2D eigenvalue weighted by Gasteiger charge is 2.22. The zero-order valence-corrected chi connectivity index (χ0v) is 15.0. The molecule has 0 bridgehead atoms. The summed E-state index contributed by atoms with van der Waals surface area (Å²) in [5.41, 5.74) is 1.85. The average Bonchev–Trinajstić information content (AvgIpc) is 2.56. The molecule has 1 aromatic carbocycles. The first-order chi connectivity index (χ1) is 12.0. The highest BCUT2D eigenvalue weighted by molar-refractivity contribution is 5.94. The van der Waals surface area contributed by atoms with Crippen LogP contribution in [0.5, 0.6) is 0 Å². The van der Waals surface area contributed by atoms with Crippen molar-refractivity contribution in [2.75, 3.05) is 19.6 Å². The summed E-state index contributed by atoms with van der Waals surface area (Å²) in [4.78, 5) is 25.9. The molecule has 0 spiro atoms. The number of nitrogens with zero attached hydrogens (tertiary/aromatic N) is 1. The minimum absolute atomic E-state index is 0.0150. The highest BCUT2D eigenvalue weighted by Crippen LogP contribution is 2.15. The average molecular weight is 345 g/mol. The van der Waals surface area contributed by atoms with Gasteiger partial charge < -0.3 is 15.4 Å². The van der Waals surface area contributed by atoms with E-state index >= 15 is 0 Å². The van der Waals surface area contributed by atoms with Gasteiger partial charge in [0.2, 0.25) is 5.91 Å². The topological polar surface area (TPSA) is 70.7 Å². The number of piperidine rings is 1. The molecule has 3 unspecified atom stereocenters. The third-order valence-corrected chi connectivity index (χ3v) is 4.72. The maximum Gasteiger partial charge on any atom is 0.251 e. The molecule has 25 heavy (non-hydrogen) atoms. The Morgan fingerprint density at radius 1 is 1.24 bits per heavy atom. The Bertz CT molecular complexity index is 597. The Labute approximate surface area is 148 Å². The second-order valence-electron chi connectivity index (χ2n) is 7.16. The number of carbonyl (C=O) groups is 2.